The van der Waals surface area contributed by atoms with E-state index in [1.165, 1.54) is 22.9 Å². The summed E-state index contributed by atoms with van der Waals surface area (Å²) in [5.74, 6) is 1.39. The van der Waals surface area contributed by atoms with Crippen molar-refractivity contribution in [3.63, 3.8) is 0 Å². The molecule has 2 aromatic heterocycles. The summed E-state index contributed by atoms with van der Waals surface area (Å²) in [6.07, 6.45) is 4.99. The summed E-state index contributed by atoms with van der Waals surface area (Å²) in [4.78, 5) is 21.7. The summed E-state index contributed by atoms with van der Waals surface area (Å²) < 4.78 is 1.61. The van der Waals surface area contributed by atoms with E-state index in [9.17, 15) is 4.79 Å². The Hall–Kier alpha value is -2.21. The maximum absolute atomic E-state index is 12.7. The number of carbonyl (C=O) groups excluding carboxylic acids is 1. The minimum absolute atomic E-state index is 0.134. The van der Waals surface area contributed by atoms with E-state index in [2.05, 4.69) is 53.2 Å². The first-order valence-electron chi connectivity index (χ1n) is 8.48. The van der Waals surface area contributed by atoms with Crippen LogP contribution in [0.3, 0.4) is 0 Å². The summed E-state index contributed by atoms with van der Waals surface area (Å²) >= 11 is 1.47. The number of carbonyl (C=O) groups is 1. The van der Waals surface area contributed by atoms with Crippen LogP contribution in [0.2, 0.25) is 0 Å². The zero-order valence-corrected chi connectivity index (χ0v) is 15.4. The Morgan fingerprint density at radius 2 is 1.92 bits per heavy atom. The fraction of sp³-hybridized carbons (Fsp3) is 0.368. The molecule has 3 aromatic rings. The Morgan fingerprint density at radius 3 is 2.60 bits per heavy atom. The highest BCUT2D eigenvalue weighted by molar-refractivity contribution is 7.98. The van der Waals surface area contributed by atoms with Crippen molar-refractivity contribution < 1.29 is 4.79 Å². The van der Waals surface area contributed by atoms with E-state index in [4.69, 9.17) is 0 Å². The molecule has 0 amide bonds. The molecule has 1 aliphatic carbocycles. The molecule has 0 bridgehead atoms. The summed E-state index contributed by atoms with van der Waals surface area (Å²) in [6, 6.07) is 8.64. The SMILES string of the molecule is CSc1nc2nc3c(cn2n1)C(=O)C[C@@H](c1ccc(C(C)C)cc1)C3. The first kappa shape index (κ1) is 16.3. The van der Waals surface area contributed by atoms with Gasteiger partial charge in [0.05, 0.1) is 11.3 Å². The van der Waals surface area contributed by atoms with Gasteiger partial charge >= 0.3 is 0 Å². The Bertz CT molecular complexity index is 946. The molecule has 128 valence electrons. The number of hydrogen-bond donors (Lipinski definition) is 0. The normalized spacial score (nSPS) is 17.3. The largest absolute Gasteiger partial charge is 0.294 e. The maximum atomic E-state index is 12.7. The third kappa shape index (κ3) is 2.95. The van der Waals surface area contributed by atoms with Crippen LogP contribution in [0.4, 0.5) is 0 Å². The highest BCUT2D eigenvalue weighted by Gasteiger charge is 2.28. The second-order valence-electron chi connectivity index (χ2n) is 6.79. The Labute approximate surface area is 150 Å². The smallest absolute Gasteiger partial charge is 0.253 e. The molecule has 0 fully saturated rings. The molecule has 25 heavy (non-hydrogen) atoms. The molecule has 0 unspecified atom stereocenters. The highest BCUT2D eigenvalue weighted by atomic mass is 32.2. The predicted octanol–water partition coefficient (Wildman–Crippen LogP) is 3.88. The average Bonchev–Trinajstić information content (AvgIpc) is 3.02. The maximum Gasteiger partial charge on any atom is 0.253 e. The predicted molar refractivity (Wildman–Crippen MR) is 98.5 cm³/mol. The molecule has 0 radical (unpaired) electrons. The van der Waals surface area contributed by atoms with Gasteiger partial charge in [-0.3, -0.25) is 4.79 Å². The van der Waals surface area contributed by atoms with E-state index in [-0.39, 0.29) is 11.7 Å². The number of ketones is 1. The molecular formula is C19H20N4OS. The lowest BCUT2D eigenvalue weighted by Crippen LogP contribution is -2.21. The summed E-state index contributed by atoms with van der Waals surface area (Å²) in [6.45, 7) is 4.37. The standard InChI is InChI=1S/C19H20N4OS/c1-11(2)12-4-6-13(7-5-12)14-8-16-15(17(24)9-14)10-23-18(20-16)21-19(22-23)25-3/h4-7,10-11,14H,8-9H2,1-3H3/t14-/m0/s1. The number of hydrogen-bond acceptors (Lipinski definition) is 5. The lowest BCUT2D eigenvalue weighted by Gasteiger charge is -2.23. The lowest BCUT2D eigenvalue weighted by molar-refractivity contribution is 0.0962. The minimum atomic E-state index is 0.134. The van der Waals surface area contributed by atoms with Gasteiger partial charge in [0.1, 0.15) is 0 Å². The number of fused-ring (bicyclic) bond motifs is 2. The Kier molecular flexibility index (Phi) is 4.07. The Balaban J connectivity index is 1.68. The van der Waals surface area contributed by atoms with Gasteiger partial charge in [-0.2, -0.15) is 4.98 Å². The van der Waals surface area contributed by atoms with Gasteiger partial charge in [0, 0.05) is 12.6 Å². The molecule has 0 N–H and O–H groups in total. The highest BCUT2D eigenvalue weighted by Crippen LogP contribution is 2.32. The third-order valence-electron chi connectivity index (χ3n) is 4.82. The van der Waals surface area contributed by atoms with Crippen molar-refractivity contribution in [2.75, 3.05) is 6.26 Å². The zero-order chi connectivity index (χ0) is 17.6. The Morgan fingerprint density at radius 1 is 1.16 bits per heavy atom. The fourth-order valence-electron chi connectivity index (χ4n) is 3.34. The first-order chi connectivity index (χ1) is 12.0. The first-order valence-corrected chi connectivity index (χ1v) is 9.71. The van der Waals surface area contributed by atoms with Crippen molar-refractivity contribution in [2.45, 2.75) is 43.7 Å². The minimum Gasteiger partial charge on any atom is -0.294 e. The topological polar surface area (TPSA) is 60.1 Å². The van der Waals surface area contributed by atoms with E-state index in [1.54, 1.807) is 10.7 Å². The van der Waals surface area contributed by atoms with Gasteiger partial charge < -0.3 is 0 Å². The van der Waals surface area contributed by atoms with Crippen LogP contribution in [0.5, 0.6) is 0 Å². The molecule has 1 aromatic carbocycles. The number of aromatic nitrogens is 4. The van der Waals surface area contributed by atoms with Gasteiger partial charge in [-0.15, -0.1) is 5.10 Å². The molecule has 5 nitrogen and oxygen atoms in total. The summed E-state index contributed by atoms with van der Waals surface area (Å²) in [5, 5.41) is 5.00. The molecular weight excluding hydrogens is 332 g/mol. The quantitative estimate of drug-likeness (QED) is 0.670. The third-order valence-corrected chi connectivity index (χ3v) is 5.36. The average molecular weight is 352 g/mol. The van der Waals surface area contributed by atoms with Gasteiger partial charge in [0.25, 0.3) is 5.78 Å². The van der Waals surface area contributed by atoms with Crippen LogP contribution in [0.25, 0.3) is 5.78 Å². The molecule has 0 aliphatic heterocycles. The van der Waals surface area contributed by atoms with E-state index in [0.717, 1.165) is 12.1 Å². The van der Waals surface area contributed by atoms with Crippen LogP contribution in [-0.2, 0) is 6.42 Å². The van der Waals surface area contributed by atoms with Crippen molar-refractivity contribution in [3.05, 3.63) is 52.8 Å². The van der Waals surface area contributed by atoms with E-state index < -0.39 is 0 Å². The molecule has 1 atom stereocenters. The monoisotopic (exact) mass is 352 g/mol. The molecule has 0 saturated heterocycles. The zero-order valence-electron chi connectivity index (χ0n) is 14.6. The van der Waals surface area contributed by atoms with Gasteiger partial charge in [-0.05, 0) is 35.6 Å². The van der Waals surface area contributed by atoms with Crippen LogP contribution < -0.4 is 0 Å². The molecule has 6 heteroatoms. The van der Waals surface area contributed by atoms with Crippen molar-refractivity contribution >= 4 is 23.3 Å². The summed E-state index contributed by atoms with van der Waals surface area (Å²) in [5.41, 5.74) is 4.04. The summed E-state index contributed by atoms with van der Waals surface area (Å²) in [7, 11) is 0. The van der Waals surface area contributed by atoms with Crippen molar-refractivity contribution in [1.82, 2.24) is 19.6 Å². The molecule has 0 spiro atoms. The number of thioether (sulfide) groups is 1. The van der Waals surface area contributed by atoms with E-state index in [0.29, 0.717) is 28.8 Å². The van der Waals surface area contributed by atoms with E-state index >= 15 is 0 Å². The van der Waals surface area contributed by atoms with Crippen molar-refractivity contribution in [1.29, 1.82) is 0 Å². The second kappa shape index (κ2) is 6.26. The van der Waals surface area contributed by atoms with Gasteiger partial charge in [0.15, 0.2) is 5.78 Å². The van der Waals surface area contributed by atoms with Crippen LogP contribution in [0, 0.1) is 0 Å². The van der Waals surface area contributed by atoms with Crippen LogP contribution in [0.15, 0.2) is 35.6 Å². The van der Waals surface area contributed by atoms with Crippen molar-refractivity contribution in [3.8, 4) is 0 Å². The van der Waals surface area contributed by atoms with Crippen LogP contribution >= 0.6 is 11.8 Å². The number of rotatable bonds is 3. The van der Waals surface area contributed by atoms with Gasteiger partial charge in [0.2, 0.25) is 5.16 Å². The number of nitrogens with zero attached hydrogens (tertiary/aromatic N) is 4. The van der Waals surface area contributed by atoms with Gasteiger partial charge in [-0.25, -0.2) is 9.50 Å². The van der Waals surface area contributed by atoms with Crippen LogP contribution in [-0.4, -0.2) is 31.6 Å². The fourth-order valence-corrected chi connectivity index (χ4v) is 3.68. The second-order valence-corrected chi connectivity index (χ2v) is 7.57. The van der Waals surface area contributed by atoms with Gasteiger partial charge in [-0.1, -0.05) is 49.9 Å². The molecule has 4 rings (SSSR count). The number of benzene rings is 1. The number of Topliss-reactive ketones (excluding diaryl/α,β-unsaturated/α-hetero) is 1. The molecule has 2 heterocycles. The van der Waals surface area contributed by atoms with E-state index in [1.807, 2.05) is 6.26 Å². The molecule has 1 aliphatic rings. The van der Waals surface area contributed by atoms with Crippen LogP contribution in [0.1, 0.15) is 59.3 Å². The lowest BCUT2D eigenvalue weighted by atomic mass is 9.81. The molecule has 0 saturated carbocycles. The van der Waals surface area contributed by atoms with Crippen molar-refractivity contribution in [2.24, 2.45) is 0 Å².